The summed E-state index contributed by atoms with van der Waals surface area (Å²) in [7, 11) is 4.21. The van der Waals surface area contributed by atoms with Crippen LogP contribution < -0.4 is 0 Å². The first-order valence-electron chi connectivity index (χ1n) is 7.87. The average Bonchev–Trinajstić information content (AvgIpc) is 2.94. The molecule has 0 fully saturated rings. The maximum Gasteiger partial charge on any atom is 0.0106 e. The topological polar surface area (TPSA) is 9.86 Å². The minimum atomic E-state index is 0.220. The monoisotopic (exact) mass is 286 g/mol. The smallest absolute Gasteiger partial charge is 0.0106 e. The number of hydrogen-bond donors (Lipinski definition) is 0. The first-order chi connectivity index (χ1) is 9.62. The van der Waals surface area contributed by atoms with Gasteiger partial charge in [0.15, 0.2) is 0 Å². The van der Waals surface area contributed by atoms with Crippen LogP contribution in [0.5, 0.6) is 0 Å². The third kappa shape index (κ3) is 3.42. The quantitative estimate of drug-likeness (QED) is 0.753. The van der Waals surface area contributed by atoms with E-state index in [2.05, 4.69) is 88.7 Å². The van der Waals surface area contributed by atoms with Gasteiger partial charge in [0.25, 0.3) is 0 Å². The summed E-state index contributed by atoms with van der Waals surface area (Å²) in [5.74, 6) is 0. The van der Waals surface area contributed by atoms with Gasteiger partial charge in [-0.25, -0.2) is 0 Å². The van der Waals surface area contributed by atoms with Crippen molar-refractivity contribution in [2.75, 3.05) is 0 Å². The fourth-order valence-electron chi connectivity index (χ4n) is 3.23. The van der Waals surface area contributed by atoms with Crippen LogP contribution in [0.3, 0.4) is 0 Å². The van der Waals surface area contributed by atoms with Gasteiger partial charge in [-0.15, -0.1) is 0 Å². The highest BCUT2D eigenvalue weighted by Crippen LogP contribution is 2.37. The van der Waals surface area contributed by atoms with Crippen LogP contribution in [-0.2, 0) is 24.9 Å². The fraction of sp³-hybridized carbons (Fsp3) is 0.579. The molecule has 2 heteroatoms. The summed E-state index contributed by atoms with van der Waals surface area (Å²) in [6.45, 7) is 11.7. The highest BCUT2D eigenvalue weighted by atomic mass is 14.9. The zero-order valence-electron chi connectivity index (χ0n) is 14.7. The van der Waals surface area contributed by atoms with E-state index in [0.717, 1.165) is 0 Å². The van der Waals surface area contributed by atoms with Crippen molar-refractivity contribution >= 4 is 0 Å². The zero-order chi connectivity index (χ0) is 15.8. The number of aryl methyl sites for hydroxylation is 3. The number of nitrogens with zero attached hydrogens (tertiary/aromatic N) is 2. The van der Waals surface area contributed by atoms with Crippen molar-refractivity contribution in [3.05, 3.63) is 47.5 Å². The SMILES string of the molecule is Cc1cn(C)cc1C(C)(C)CCC(C)(C)c1ccn(C)c1. The standard InChI is InChI=1S/C19H30N2/c1-15-12-21(7)14-17(15)19(4,5)10-9-18(2,3)16-8-11-20(6)13-16/h8,11-14H,9-10H2,1-7H3. The lowest BCUT2D eigenvalue weighted by Crippen LogP contribution is -2.24. The summed E-state index contributed by atoms with van der Waals surface area (Å²) >= 11 is 0. The zero-order valence-corrected chi connectivity index (χ0v) is 14.7. The minimum absolute atomic E-state index is 0.220. The molecule has 0 saturated carbocycles. The number of rotatable bonds is 5. The van der Waals surface area contributed by atoms with Crippen molar-refractivity contribution in [3.63, 3.8) is 0 Å². The van der Waals surface area contributed by atoms with E-state index >= 15 is 0 Å². The van der Waals surface area contributed by atoms with E-state index in [1.165, 1.54) is 29.5 Å². The first-order valence-corrected chi connectivity index (χ1v) is 7.87. The van der Waals surface area contributed by atoms with E-state index in [-0.39, 0.29) is 10.8 Å². The van der Waals surface area contributed by atoms with Crippen LogP contribution >= 0.6 is 0 Å². The third-order valence-corrected chi connectivity index (χ3v) is 4.87. The molecule has 0 aliphatic carbocycles. The predicted octanol–water partition coefficient (Wildman–Crippen LogP) is 4.71. The Balaban J connectivity index is 2.12. The summed E-state index contributed by atoms with van der Waals surface area (Å²) in [6, 6.07) is 2.25. The second-order valence-corrected chi connectivity index (χ2v) is 7.85. The molecule has 2 aromatic rings. The third-order valence-electron chi connectivity index (χ3n) is 4.87. The van der Waals surface area contributed by atoms with E-state index < -0.39 is 0 Å². The van der Waals surface area contributed by atoms with Crippen molar-refractivity contribution in [2.24, 2.45) is 14.1 Å². The highest BCUT2D eigenvalue weighted by Gasteiger charge is 2.29. The minimum Gasteiger partial charge on any atom is -0.357 e. The van der Waals surface area contributed by atoms with Crippen LogP contribution in [-0.4, -0.2) is 9.13 Å². The lowest BCUT2D eigenvalue weighted by Gasteiger charge is -2.31. The molecule has 0 unspecified atom stereocenters. The summed E-state index contributed by atoms with van der Waals surface area (Å²) in [6.07, 6.45) is 11.3. The normalized spacial score (nSPS) is 12.9. The molecule has 0 atom stereocenters. The van der Waals surface area contributed by atoms with Crippen LogP contribution in [0.4, 0.5) is 0 Å². The molecule has 0 radical (unpaired) electrons. The molecule has 21 heavy (non-hydrogen) atoms. The second kappa shape index (κ2) is 5.40. The van der Waals surface area contributed by atoms with Crippen molar-refractivity contribution in [1.82, 2.24) is 9.13 Å². The van der Waals surface area contributed by atoms with E-state index in [1.54, 1.807) is 0 Å². The molecule has 116 valence electrons. The van der Waals surface area contributed by atoms with Gasteiger partial charge in [0, 0.05) is 38.9 Å². The van der Waals surface area contributed by atoms with Gasteiger partial charge in [-0.3, -0.25) is 0 Å². The van der Waals surface area contributed by atoms with Gasteiger partial charge in [-0.2, -0.15) is 0 Å². The van der Waals surface area contributed by atoms with Gasteiger partial charge in [-0.05, 0) is 53.4 Å². The Kier molecular flexibility index (Phi) is 4.10. The second-order valence-electron chi connectivity index (χ2n) is 7.85. The molecule has 0 aliphatic heterocycles. The molecule has 2 heterocycles. The molecule has 0 amide bonds. The van der Waals surface area contributed by atoms with Crippen LogP contribution in [0, 0.1) is 6.92 Å². The molecule has 0 spiro atoms. The molecule has 2 aromatic heterocycles. The lowest BCUT2D eigenvalue weighted by atomic mass is 9.73. The van der Waals surface area contributed by atoms with Gasteiger partial charge in [-0.1, -0.05) is 27.7 Å². The van der Waals surface area contributed by atoms with E-state index in [4.69, 9.17) is 0 Å². The Morgan fingerprint density at radius 2 is 1.48 bits per heavy atom. The van der Waals surface area contributed by atoms with Crippen LogP contribution in [0.15, 0.2) is 30.9 Å². The molecule has 0 aromatic carbocycles. The van der Waals surface area contributed by atoms with Crippen molar-refractivity contribution in [2.45, 2.75) is 58.3 Å². The maximum absolute atomic E-state index is 2.37. The summed E-state index contributed by atoms with van der Waals surface area (Å²) in [5, 5.41) is 0. The van der Waals surface area contributed by atoms with Crippen LogP contribution in [0.25, 0.3) is 0 Å². The van der Waals surface area contributed by atoms with E-state index in [0.29, 0.717) is 0 Å². The lowest BCUT2D eigenvalue weighted by molar-refractivity contribution is 0.374. The van der Waals surface area contributed by atoms with Crippen LogP contribution in [0.1, 0.15) is 57.2 Å². The van der Waals surface area contributed by atoms with Crippen molar-refractivity contribution in [1.29, 1.82) is 0 Å². The Hall–Kier alpha value is -1.44. The van der Waals surface area contributed by atoms with Crippen LogP contribution in [0.2, 0.25) is 0 Å². The summed E-state index contributed by atoms with van der Waals surface area (Å²) < 4.78 is 4.32. The first kappa shape index (κ1) is 15.9. The van der Waals surface area contributed by atoms with Gasteiger partial charge in [0.2, 0.25) is 0 Å². The van der Waals surface area contributed by atoms with Crippen molar-refractivity contribution < 1.29 is 0 Å². The Morgan fingerprint density at radius 3 is 1.95 bits per heavy atom. The average molecular weight is 286 g/mol. The van der Waals surface area contributed by atoms with E-state index in [1.807, 2.05) is 0 Å². The number of hydrogen-bond acceptors (Lipinski definition) is 0. The molecule has 2 rings (SSSR count). The molecule has 0 aliphatic rings. The van der Waals surface area contributed by atoms with Crippen molar-refractivity contribution in [3.8, 4) is 0 Å². The fourth-order valence-corrected chi connectivity index (χ4v) is 3.23. The largest absolute Gasteiger partial charge is 0.357 e. The van der Waals surface area contributed by atoms with Gasteiger partial charge in [0.05, 0.1) is 0 Å². The molecule has 0 N–H and O–H groups in total. The van der Waals surface area contributed by atoms with Gasteiger partial charge in [0.1, 0.15) is 0 Å². The van der Waals surface area contributed by atoms with E-state index in [9.17, 15) is 0 Å². The summed E-state index contributed by atoms with van der Waals surface area (Å²) in [4.78, 5) is 0. The molecular weight excluding hydrogens is 256 g/mol. The Labute approximate surface area is 129 Å². The highest BCUT2D eigenvalue weighted by molar-refractivity contribution is 5.30. The molecule has 0 saturated heterocycles. The van der Waals surface area contributed by atoms with Gasteiger partial charge < -0.3 is 9.13 Å². The number of aromatic nitrogens is 2. The predicted molar refractivity (Wildman–Crippen MR) is 90.8 cm³/mol. The molecule has 0 bridgehead atoms. The maximum atomic E-state index is 2.37. The molecular formula is C19H30N2. The Bertz CT molecular complexity index is 611. The Morgan fingerprint density at radius 1 is 0.857 bits per heavy atom. The van der Waals surface area contributed by atoms with Gasteiger partial charge >= 0.3 is 0 Å². The molecule has 2 nitrogen and oxygen atoms in total. The summed E-state index contributed by atoms with van der Waals surface area (Å²) in [5.41, 5.74) is 4.76.